The molecule has 17 heteroatoms. The van der Waals surface area contributed by atoms with Crippen LogP contribution in [0.4, 0.5) is 16.6 Å². The van der Waals surface area contributed by atoms with Gasteiger partial charge in [-0.3, -0.25) is 44.0 Å². The highest BCUT2D eigenvalue weighted by molar-refractivity contribution is 7.22. The molecule has 3 aromatic carbocycles. The summed E-state index contributed by atoms with van der Waals surface area (Å²) in [7, 11) is 1.79. The normalized spacial score (nSPS) is 21.7. The number of thiazole rings is 1. The third-order valence-electron chi connectivity index (χ3n) is 17.1. The summed E-state index contributed by atoms with van der Waals surface area (Å²) in [6, 6.07) is 23.4. The molecule has 386 valence electrons. The van der Waals surface area contributed by atoms with Crippen molar-refractivity contribution in [3.05, 3.63) is 113 Å². The molecule has 7 aromatic rings. The molecule has 0 spiro atoms. The molecule has 3 atom stereocenters. The van der Waals surface area contributed by atoms with Gasteiger partial charge in [0, 0.05) is 73.8 Å². The lowest BCUT2D eigenvalue weighted by Crippen LogP contribution is -2.39. The zero-order valence-corrected chi connectivity index (χ0v) is 43.4. The van der Waals surface area contributed by atoms with Crippen LogP contribution < -0.4 is 26.2 Å². The second kappa shape index (κ2) is 20.1. The van der Waals surface area contributed by atoms with E-state index >= 15 is 0 Å². The van der Waals surface area contributed by atoms with Crippen LogP contribution in [0.25, 0.3) is 32.2 Å². The molecule has 5 fully saturated rings. The highest BCUT2D eigenvalue weighted by Gasteiger charge is 2.57. The number of amides is 5. The number of benzene rings is 3. The zero-order chi connectivity index (χ0) is 51.4. The van der Waals surface area contributed by atoms with Crippen molar-refractivity contribution in [1.29, 1.82) is 0 Å². The fourth-order valence-corrected chi connectivity index (χ4v) is 14.5. The van der Waals surface area contributed by atoms with Crippen LogP contribution in [-0.4, -0.2) is 72.2 Å². The summed E-state index contributed by atoms with van der Waals surface area (Å²) < 4.78 is 4.90. The number of unbranched alkanes of at least 4 members (excludes halogenated alkanes) is 4. The predicted octanol–water partition coefficient (Wildman–Crippen LogP) is 9.62. The Labute approximate surface area is 439 Å². The molecule has 5 amide bonds. The molecular weight excluding hydrogens is 963 g/mol. The van der Waals surface area contributed by atoms with Gasteiger partial charge in [0.25, 0.3) is 11.8 Å². The van der Waals surface area contributed by atoms with E-state index in [-0.39, 0.29) is 36.0 Å². The van der Waals surface area contributed by atoms with Crippen molar-refractivity contribution >= 4 is 78.6 Å². The molecule has 1 saturated heterocycles. The molecule has 13 rings (SSSR count). The van der Waals surface area contributed by atoms with E-state index < -0.39 is 5.92 Å². The number of fused-ring (bicyclic) bond motifs is 3. The third-order valence-corrected chi connectivity index (χ3v) is 18.0. The Bertz CT molecular complexity index is 3360. The van der Waals surface area contributed by atoms with E-state index in [2.05, 4.69) is 53.9 Å². The molecule has 4 saturated carbocycles. The largest absolute Gasteiger partial charge is 0.352 e. The average Bonchev–Trinajstić information content (AvgIpc) is 4.22. The Morgan fingerprint density at radius 1 is 0.840 bits per heavy atom. The minimum Gasteiger partial charge on any atom is -0.352 e. The van der Waals surface area contributed by atoms with Gasteiger partial charge in [0.05, 0.1) is 39.2 Å². The van der Waals surface area contributed by atoms with Gasteiger partial charge in [-0.1, -0.05) is 67.0 Å². The predicted molar refractivity (Wildman–Crippen MR) is 289 cm³/mol. The molecular formula is C58H63N11O5S. The maximum absolute atomic E-state index is 14.5. The lowest BCUT2D eigenvalue weighted by atomic mass is 9.75. The van der Waals surface area contributed by atoms with Crippen LogP contribution in [0.1, 0.15) is 133 Å². The molecule has 4 aromatic heterocycles. The van der Waals surface area contributed by atoms with Crippen molar-refractivity contribution in [3.8, 4) is 11.1 Å². The second-order valence-corrected chi connectivity index (χ2v) is 22.9. The number of pyridine rings is 1. The summed E-state index contributed by atoms with van der Waals surface area (Å²) in [5, 5.41) is 22.7. The number of aryl methyl sites for hydroxylation is 1. The van der Waals surface area contributed by atoms with Gasteiger partial charge in [-0.05, 0) is 135 Å². The van der Waals surface area contributed by atoms with Crippen molar-refractivity contribution in [1.82, 2.24) is 40.2 Å². The molecule has 3 unspecified atom stereocenters. The quantitative estimate of drug-likeness (QED) is 0.0503. The van der Waals surface area contributed by atoms with Crippen molar-refractivity contribution in [2.45, 2.75) is 116 Å². The first-order valence-corrected chi connectivity index (χ1v) is 27.7. The number of nitrogens with zero attached hydrogens (tertiary/aromatic N) is 7. The van der Waals surface area contributed by atoms with Crippen LogP contribution in [0.2, 0.25) is 0 Å². The third kappa shape index (κ3) is 9.48. The minimum atomic E-state index is -0.527. The summed E-state index contributed by atoms with van der Waals surface area (Å²) >= 11 is 1.45. The van der Waals surface area contributed by atoms with Gasteiger partial charge in [-0.15, -0.1) is 0 Å². The summed E-state index contributed by atoms with van der Waals surface area (Å²) in [5.74, 6) is 1.50. The first kappa shape index (κ1) is 48.7. The van der Waals surface area contributed by atoms with E-state index in [1.807, 2.05) is 72.9 Å². The first-order valence-electron chi connectivity index (χ1n) is 26.9. The molecule has 4 N–H and O–H groups in total. The number of piperidine rings is 1. The van der Waals surface area contributed by atoms with Crippen molar-refractivity contribution in [2.24, 2.45) is 30.2 Å². The molecule has 6 aliphatic rings. The van der Waals surface area contributed by atoms with Crippen molar-refractivity contribution in [3.63, 3.8) is 0 Å². The maximum Gasteiger partial charge on any atom is 0.270 e. The topological polar surface area (TPSA) is 198 Å². The number of nitrogens with one attached hydrogen (secondary N) is 4. The van der Waals surface area contributed by atoms with Gasteiger partial charge in [0.2, 0.25) is 17.7 Å². The van der Waals surface area contributed by atoms with Gasteiger partial charge in [-0.25, -0.2) is 9.97 Å². The molecule has 75 heavy (non-hydrogen) atoms. The Balaban J connectivity index is 0.696. The average molecular weight is 1030 g/mol. The number of hydrogen-bond donors (Lipinski definition) is 4. The van der Waals surface area contributed by atoms with Gasteiger partial charge in [0.15, 0.2) is 5.13 Å². The van der Waals surface area contributed by atoms with E-state index in [1.54, 1.807) is 11.7 Å². The number of anilines is 3. The molecule has 16 nitrogen and oxygen atoms in total. The SMILES string of the molecule is Cc1c(-c2ccc(N3CCc4cccc(C(=O)Nc5nc6ccccc6s5)c4C3)nc2C(=O)NCCCCCCCC(=O)Nc2cccc3c(C4CCC(=O)NC4=O)nn(C)c23)cnn1CC12CC3CC(CC1C3)C2. The van der Waals surface area contributed by atoms with E-state index in [1.165, 1.54) is 43.4 Å². The first-order chi connectivity index (χ1) is 36.5. The lowest BCUT2D eigenvalue weighted by molar-refractivity contribution is -0.134. The van der Waals surface area contributed by atoms with Crippen LogP contribution >= 0.6 is 11.3 Å². The zero-order valence-electron chi connectivity index (χ0n) is 42.6. The van der Waals surface area contributed by atoms with Crippen LogP contribution in [0.5, 0.6) is 0 Å². The second-order valence-electron chi connectivity index (χ2n) is 21.9. The Morgan fingerprint density at radius 2 is 1.65 bits per heavy atom. The summed E-state index contributed by atoms with van der Waals surface area (Å²) in [6.07, 6.45) is 14.5. The number of imide groups is 1. The van der Waals surface area contributed by atoms with E-state index in [0.717, 1.165) is 105 Å². The van der Waals surface area contributed by atoms with Crippen LogP contribution in [0.15, 0.2) is 79.0 Å². The number of rotatable bonds is 17. The van der Waals surface area contributed by atoms with Crippen molar-refractivity contribution in [2.75, 3.05) is 28.6 Å². The van der Waals surface area contributed by atoms with E-state index in [9.17, 15) is 24.0 Å². The number of aromatic nitrogens is 6. The molecule has 6 heterocycles. The van der Waals surface area contributed by atoms with Crippen LogP contribution in [-0.2, 0) is 40.9 Å². The number of carbonyl (C=O) groups excluding carboxylic acids is 5. The minimum absolute atomic E-state index is 0.0949. The highest BCUT2D eigenvalue weighted by atomic mass is 32.1. The molecule has 4 bridgehead atoms. The van der Waals surface area contributed by atoms with E-state index in [4.69, 9.17) is 10.1 Å². The molecule has 2 aliphatic heterocycles. The van der Waals surface area contributed by atoms with Gasteiger partial charge in [0.1, 0.15) is 11.5 Å². The van der Waals surface area contributed by atoms with E-state index in [0.29, 0.717) is 77.9 Å². The fraction of sp³-hybridized carbons (Fsp3) is 0.431. The number of carbonyl (C=O) groups is 5. The summed E-state index contributed by atoms with van der Waals surface area (Å²) in [5.41, 5.74) is 8.90. The van der Waals surface area contributed by atoms with Crippen molar-refractivity contribution < 1.29 is 24.0 Å². The van der Waals surface area contributed by atoms with Crippen LogP contribution in [0, 0.1) is 30.1 Å². The number of para-hydroxylation sites is 2. The Hall–Kier alpha value is -7.27. The molecule has 0 radical (unpaired) electrons. The number of hydrogen-bond acceptors (Lipinski definition) is 11. The maximum atomic E-state index is 14.5. The lowest BCUT2D eigenvalue weighted by Gasteiger charge is -2.33. The fourth-order valence-electron chi connectivity index (χ4n) is 13.6. The standard InChI is InChI=1S/C58H63N11O5S/c1-34-43(31-60-69(34)33-58-29-35-26-36(30-58)28-38(58)27-35)39-19-21-48(68-25-23-37-12-10-13-40(44(37)32-68)54(72)65-57-62-45-15-7-8-17-47(45)75-57)63-52(39)56(74)59-24-9-5-3-4-6-18-49(70)61-46-16-11-14-41-51(66-67(2)53(41)46)42-20-22-50(71)64-55(42)73/h7-8,10-17,19,21,31,35-36,38,42H,3-6,9,18,20,22-30,32-33H2,1-2H3,(H,59,74)(H,61,70)(H,62,65,72)(H,64,71,73). The Kier molecular flexibility index (Phi) is 13.0. The van der Waals surface area contributed by atoms with Gasteiger partial charge in [-0.2, -0.15) is 10.2 Å². The highest BCUT2D eigenvalue weighted by Crippen LogP contribution is 2.66. The Morgan fingerprint density at radius 3 is 2.49 bits per heavy atom. The monoisotopic (exact) mass is 1030 g/mol. The van der Waals surface area contributed by atoms with Gasteiger partial charge >= 0.3 is 0 Å². The summed E-state index contributed by atoms with van der Waals surface area (Å²) in [6.45, 7) is 4.68. The van der Waals surface area contributed by atoms with Gasteiger partial charge < -0.3 is 15.5 Å². The summed E-state index contributed by atoms with van der Waals surface area (Å²) in [4.78, 5) is 77.9. The molecule has 4 aliphatic carbocycles. The van der Waals surface area contributed by atoms with Crippen LogP contribution in [0.3, 0.4) is 0 Å². The smallest absolute Gasteiger partial charge is 0.270 e.